The van der Waals surface area contributed by atoms with E-state index >= 15 is 4.39 Å². The molecule has 0 unspecified atom stereocenters. The number of alkyl halides is 1. The fourth-order valence-electron chi connectivity index (χ4n) is 5.09. The normalized spacial score (nSPS) is 23.7. The second-order valence-corrected chi connectivity index (χ2v) is 14.4. The molecular formula is C31H40FN6O7P. The number of hydrogen-bond acceptors (Lipinski definition) is 11. The van der Waals surface area contributed by atoms with Gasteiger partial charge in [-0.2, -0.15) is 5.09 Å². The van der Waals surface area contributed by atoms with Crippen LogP contribution in [-0.2, 0) is 23.4 Å². The molecule has 0 bridgehead atoms. The summed E-state index contributed by atoms with van der Waals surface area (Å²) < 4.78 is 55.1. The summed E-state index contributed by atoms with van der Waals surface area (Å²) in [5.74, 6) is 0.433. The first-order chi connectivity index (χ1) is 21.6. The molecular weight excluding hydrogens is 618 g/mol. The zero-order valence-corrected chi connectivity index (χ0v) is 27.7. The molecule has 1 saturated heterocycles. The second-order valence-electron chi connectivity index (χ2n) is 12.7. The van der Waals surface area contributed by atoms with Crippen molar-refractivity contribution in [1.82, 2.24) is 24.6 Å². The summed E-state index contributed by atoms with van der Waals surface area (Å²) >= 11 is 0. The number of ether oxygens (including phenoxy) is 2. The van der Waals surface area contributed by atoms with E-state index in [0.29, 0.717) is 28.2 Å². The molecule has 13 nitrogen and oxygen atoms in total. The van der Waals surface area contributed by atoms with Gasteiger partial charge in [0.15, 0.2) is 28.9 Å². The molecule has 0 aliphatic carbocycles. The fraction of sp³-hybridized carbons (Fsp3) is 0.484. The van der Waals surface area contributed by atoms with Gasteiger partial charge in [0.05, 0.1) is 19.5 Å². The number of anilines is 1. The minimum atomic E-state index is -4.39. The van der Waals surface area contributed by atoms with Crippen molar-refractivity contribution < 1.29 is 37.4 Å². The minimum Gasteiger partial charge on any atom is -0.464 e. The van der Waals surface area contributed by atoms with E-state index in [1.165, 1.54) is 24.7 Å². The predicted octanol–water partition coefficient (Wildman–Crippen LogP) is 5.09. The van der Waals surface area contributed by atoms with Crippen LogP contribution in [0.4, 0.5) is 10.2 Å². The SMILES string of the molecule is CNc1nc(C)nc2c1ncn2[C@@H]1O[C@H](CO[P@](=O)(N[C@H](C)C(=O)OCC(C)(C)C)Oc2cccc3ccccc23)[C@@H](O)[C@@]1(C)F. The van der Waals surface area contributed by atoms with Crippen LogP contribution in [0.2, 0.25) is 0 Å². The third kappa shape index (κ3) is 7.01. The summed E-state index contributed by atoms with van der Waals surface area (Å²) in [7, 11) is -2.71. The van der Waals surface area contributed by atoms with Crippen LogP contribution >= 0.6 is 7.75 Å². The summed E-state index contributed by atoms with van der Waals surface area (Å²) in [6.07, 6.45) is -3.00. The maximum atomic E-state index is 16.2. The van der Waals surface area contributed by atoms with Crippen molar-refractivity contribution in [2.75, 3.05) is 25.6 Å². The highest BCUT2D eigenvalue weighted by molar-refractivity contribution is 7.52. The molecule has 1 aliphatic heterocycles. The lowest BCUT2D eigenvalue weighted by Crippen LogP contribution is -2.41. The van der Waals surface area contributed by atoms with Crippen molar-refractivity contribution in [2.45, 2.75) is 71.7 Å². The Bertz CT molecular complexity index is 1770. The molecule has 2 aromatic carbocycles. The number of nitrogens with zero attached hydrogens (tertiary/aromatic N) is 4. The van der Waals surface area contributed by atoms with Gasteiger partial charge in [-0.3, -0.25) is 13.9 Å². The number of imidazole rings is 1. The van der Waals surface area contributed by atoms with Crippen molar-refractivity contribution in [2.24, 2.45) is 5.41 Å². The Hall–Kier alpha value is -3.68. The lowest BCUT2D eigenvalue weighted by atomic mass is 9.98. The van der Waals surface area contributed by atoms with Crippen molar-refractivity contribution >= 4 is 41.5 Å². The summed E-state index contributed by atoms with van der Waals surface area (Å²) in [6.45, 7) is 9.66. The molecule has 3 N–H and O–H groups in total. The van der Waals surface area contributed by atoms with Crippen LogP contribution < -0.4 is 14.9 Å². The van der Waals surface area contributed by atoms with Gasteiger partial charge in [-0.15, -0.1) is 0 Å². The van der Waals surface area contributed by atoms with Gasteiger partial charge >= 0.3 is 13.7 Å². The van der Waals surface area contributed by atoms with E-state index in [4.69, 9.17) is 18.5 Å². The van der Waals surface area contributed by atoms with E-state index in [1.807, 2.05) is 39.0 Å². The first-order valence-corrected chi connectivity index (χ1v) is 16.4. The molecule has 0 amide bonds. The maximum Gasteiger partial charge on any atom is 0.459 e. The Morgan fingerprint density at radius 3 is 2.65 bits per heavy atom. The molecule has 1 fully saturated rings. The highest BCUT2D eigenvalue weighted by Gasteiger charge is 2.56. The lowest BCUT2D eigenvalue weighted by molar-refractivity contribution is -0.148. The topological polar surface area (TPSA) is 159 Å². The molecule has 46 heavy (non-hydrogen) atoms. The molecule has 6 atom stereocenters. The van der Waals surface area contributed by atoms with Gasteiger partial charge < -0.3 is 24.4 Å². The van der Waals surface area contributed by atoms with Crippen molar-refractivity contribution in [3.05, 3.63) is 54.6 Å². The Balaban J connectivity index is 1.40. The number of benzene rings is 2. The monoisotopic (exact) mass is 658 g/mol. The van der Waals surface area contributed by atoms with Crippen molar-refractivity contribution in [3.8, 4) is 5.75 Å². The highest BCUT2D eigenvalue weighted by atomic mass is 31.2. The number of aryl methyl sites for hydroxylation is 1. The summed E-state index contributed by atoms with van der Waals surface area (Å²) in [4.78, 5) is 25.9. The van der Waals surface area contributed by atoms with Crippen LogP contribution in [0.5, 0.6) is 5.75 Å². The van der Waals surface area contributed by atoms with E-state index in [9.17, 15) is 14.5 Å². The standard InChI is InChI=1S/C31H40FN6O7P/c1-18(28(40)42-16-30(3,4)5)37-46(41,45-22-14-10-12-20-11-8-9-13-21(20)22)43-15-23-25(39)31(6,32)29(44-23)38-17-34-24-26(33-7)35-19(2)36-27(24)38/h8-14,17-18,23,25,29,39H,15-16H2,1-7H3,(H,37,41)(H,33,35,36)/t18-,23-,25-,29-,31-,46-/m1/s1. The highest BCUT2D eigenvalue weighted by Crippen LogP contribution is 2.49. The molecule has 4 aromatic rings. The van der Waals surface area contributed by atoms with Gasteiger partial charge in [-0.25, -0.2) is 23.9 Å². The fourth-order valence-corrected chi connectivity index (χ4v) is 6.61. The van der Waals surface area contributed by atoms with Gasteiger partial charge in [-0.1, -0.05) is 57.2 Å². The van der Waals surface area contributed by atoms with E-state index < -0.39 is 50.5 Å². The van der Waals surface area contributed by atoms with Crippen LogP contribution in [0.3, 0.4) is 0 Å². The molecule has 0 saturated carbocycles. The molecule has 1 aliphatic rings. The van der Waals surface area contributed by atoms with Crippen LogP contribution in [0, 0.1) is 12.3 Å². The van der Waals surface area contributed by atoms with E-state index in [2.05, 4.69) is 25.4 Å². The molecule has 2 aromatic heterocycles. The van der Waals surface area contributed by atoms with Gasteiger partial charge in [0.1, 0.15) is 29.8 Å². The Kier molecular flexibility index (Phi) is 9.40. The van der Waals surface area contributed by atoms with Crippen LogP contribution in [0.15, 0.2) is 48.8 Å². The Labute approximate surface area is 266 Å². The lowest BCUT2D eigenvalue weighted by Gasteiger charge is -2.26. The third-order valence-electron chi connectivity index (χ3n) is 7.47. The van der Waals surface area contributed by atoms with Crippen LogP contribution in [0.25, 0.3) is 21.9 Å². The predicted molar refractivity (Wildman–Crippen MR) is 170 cm³/mol. The first-order valence-electron chi connectivity index (χ1n) is 14.9. The number of rotatable bonds is 11. The number of carbonyl (C=O) groups excluding carboxylic acids is 1. The Morgan fingerprint density at radius 2 is 1.93 bits per heavy atom. The largest absolute Gasteiger partial charge is 0.464 e. The number of carbonyl (C=O) groups is 1. The number of fused-ring (bicyclic) bond motifs is 2. The molecule has 0 radical (unpaired) electrons. The van der Waals surface area contributed by atoms with Gasteiger partial charge in [-0.05, 0) is 37.6 Å². The third-order valence-corrected chi connectivity index (χ3v) is 9.10. The summed E-state index contributed by atoms with van der Waals surface area (Å²) in [5.41, 5.74) is -1.93. The number of aliphatic hydroxyl groups excluding tert-OH is 1. The molecule has 5 rings (SSSR count). The first kappa shape index (κ1) is 33.7. The van der Waals surface area contributed by atoms with Crippen molar-refractivity contribution in [3.63, 3.8) is 0 Å². The molecule has 0 spiro atoms. The molecule has 3 heterocycles. The second kappa shape index (κ2) is 12.8. The van der Waals surface area contributed by atoms with Crippen LogP contribution in [-0.4, -0.2) is 74.8 Å². The average Bonchev–Trinajstić information content (AvgIpc) is 3.51. The van der Waals surface area contributed by atoms with Crippen molar-refractivity contribution in [1.29, 1.82) is 0 Å². The van der Waals surface area contributed by atoms with Gasteiger partial charge in [0.2, 0.25) is 0 Å². The number of aromatic nitrogens is 4. The number of hydrogen-bond donors (Lipinski definition) is 3. The molecule has 15 heteroatoms. The minimum absolute atomic E-state index is 0.134. The number of halogens is 1. The van der Waals surface area contributed by atoms with Gasteiger partial charge in [0, 0.05) is 12.4 Å². The average molecular weight is 659 g/mol. The van der Waals surface area contributed by atoms with E-state index in [-0.39, 0.29) is 17.8 Å². The number of aliphatic hydroxyl groups is 1. The van der Waals surface area contributed by atoms with E-state index in [1.54, 1.807) is 38.2 Å². The Morgan fingerprint density at radius 1 is 1.22 bits per heavy atom. The summed E-state index contributed by atoms with van der Waals surface area (Å²) in [6, 6.07) is 11.4. The quantitative estimate of drug-likeness (QED) is 0.145. The summed E-state index contributed by atoms with van der Waals surface area (Å²) in [5, 5.41) is 18.1. The zero-order chi connectivity index (χ0) is 33.4. The number of esters is 1. The van der Waals surface area contributed by atoms with E-state index in [0.717, 1.165) is 5.39 Å². The smallest absolute Gasteiger partial charge is 0.459 e. The van der Waals surface area contributed by atoms with Gasteiger partial charge in [0.25, 0.3) is 0 Å². The number of nitrogens with one attached hydrogen (secondary N) is 2. The van der Waals surface area contributed by atoms with Crippen LogP contribution in [0.1, 0.15) is 46.7 Å². The molecule has 248 valence electrons. The zero-order valence-electron chi connectivity index (χ0n) is 26.9. The maximum absolute atomic E-state index is 16.2.